The molecule has 2 aromatic carbocycles. The van der Waals surface area contributed by atoms with E-state index in [1.54, 1.807) is 24.3 Å². The van der Waals surface area contributed by atoms with Gasteiger partial charge in [-0.2, -0.15) is 13.2 Å². The molecule has 1 amide bonds. The summed E-state index contributed by atoms with van der Waals surface area (Å²) in [5, 5.41) is 22.2. The van der Waals surface area contributed by atoms with Gasteiger partial charge in [-0.05, 0) is 36.2 Å². The van der Waals surface area contributed by atoms with Gasteiger partial charge in [0.2, 0.25) is 5.91 Å². The van der Waals surface area contributed by atoms with Crippen LogP contribution in [0.2, 0.25) is 0 Å². The minimum absolute atomic E-state index is 0.0480. The highest BCUT2D eigenvalue weighted by Gasteiger charge is 2.31. The number of phenolic OH excluding ortho intramolecular Hbond substituents is 1. The van der Waals surface area contributed by atoms with Crippen LogP contribution in [0.1, 0.15) is 94.2 Å². The molecule has 0 saturated carbocycles. The third kappa shape index (κ3) is 13.0. The molecule has 0 fully saturated rings. The average Bonchev–Trinajstić information content (AvgIpc) is 2.86. The first-order chi connectivity index (χ1) is 18.6. The van der Waals surface area contributed by atoms with Crippen molar-refractivity contribution >= 4 is 17.6 Å². The number of nitrogens with zero attached hydrogens (tertiary/aromatic N) is 1. The Labute approximate surface area is 229 Å². The standard InChI is InChI=1S/C30H41F3N2O4/c1-2-3-4-5-6-7-8-9-10-11-12-28(37)34-26-17-13-23(14-18-26)20-35(22-29(38)39)21-24-15-16-25(19-27(24)36)30(31,32)33/h13-19,36H,2-12,20-22H2,1H3,(H,34,37)(H,38,39). The second-order valence-corrected chi connectivity index (χ2v) is 10.1. The number of carboxylic acids is 1. The molecule has 0 aliphatic heterocycles. The summed E-state index contributed by atoms with van der Waals surface area (Å²) >= 11 is 0. The first-order valence-corrected chi connectivity index (χ1v) is 13.8. The number of nitrogens with one attached hydrogen (secondary N) is 1. The molecule has 216 valence electrons. The van der Waals surface area contributed by atoms with Crippen LogP contribution in [0.15, 0.2) is 42.5 Å². The van der Waals surface area contributed by atoms with Gasteiger partial charge >= 0.3 is 12.1 Å². The van der Waals surface area contributed by atoms with E-state index < -0.39 is 23.5 Å². The lowest BCUT2D eigenvalue weighted by molar-refractivity contribution is -0.139. The molecule has 0 bridgehead atoms. The van der Waals surface area contributed by atoms with E-state index >= 15 is 0 Å². The summed E-state index contributed by atoms with van der Waals surface area (Å²) in [5.74, 6) is -1.69. The van der Waals surface area contributed by atoms with E-state index in [1.165, 1.54) is 49.8 Å². The lowest BCUT2D eigenvalue weighted by Crippen LogP contribution is -2.29. The van der Waals surface area contributed by atoms with E-state index in [2.05, 4.69) is 12.2 Å². The third-order valence-electron chi connectivity index (χ3n) is 6.57. The van der Waals surface area contributed by atoms with Gasteiger partial charge < -0.3 is 15.5 Å². The Bertz CT molecular complexity index is 1030. The minimum atomic E-state index is -4.58. The van der Waals surface area contributed by atoms with Gasteiger partial charge in [0.25, 0.3) is 0 Å². The van der Waals surface area contributed by atoms with Crippen LogP contribution in [0, 0.1) is 0 Å². The van der Waals surface area contributed by atoms with Gasteiger partial charge in [-0.25, -0.2) is 0 Å². The maximum atomic E-state index is 12.9. The van der Waals surface area contributed by atoms with Crippen molar-refractivity contribution in [2.24, 2.45) is 0 Å². The summed E-state index contributed by atoms with van der Waals surface area (Å²) in [7, 11) is 0. The molecule has 0 aromatic heterocycles. The molecule has 0 radical (unpaired) electrons. The Hall–Kier alpha value is -3.07. The second kappa shape index (κ2) is 16.8. The summed E-state index contributed by atoms with van der Waals surface area (Å²) in [4.78, 5) is 25.1. The molecular formula is C30H41F3N2O4. The highest BCUT2D eigenvalue weighted by molar-refractivity contribution is 5.90. The number of aliphatic carboxylic acids is 1. The van der Waals surface area contributed by atoms with Gasteiger partial charge in [0.05, 0.1) is 12.1 Å². The fourth-order valence-corrected chi connectivity index (χ4v) is 4.42. The van der Waals surface area contributed by atoms with E-state index in [-0.39, 0.29) is 31.1 Å². The van der Waals surface area contributed by atoms with Crippen molar-refractivity contribution in [3.8, 4) is 5.75 Å². The zero-order valence-electron chi connectivity index (χ0n) is 22.7. The number of alkyl halides is 3. The van der Waals surface area contributed by atoms with Crippen LogP contribution in [-0.4, -0.2) is 33.5 Å². The second-order valence-electron chi connectivity index (χ2n) is 10.1. The molecule has 0 saturated heterocycles. The molecule has 6 nitrogen and oxygen atoms in total. The van der Waals surface area contributed by atoms with Crippen molar-refractivity contribution in [2.75, 3.05) is 11.9 Å². The molecule has 0 aliphatic rings. The number of hydrogen-bond donors (Lipinski definition) is 3. The topological polar surface area (TPSA) is 89.9 Å². The van der Waals surface area contributed by atoms with Crippen molar-refractivity contribution in [1.29, 1.82) is 0 Å². The van der Waals surface area contributed by atoms with Crippen LogP contribution >= 0.6 is 0 Å². The van der Waals surface area contributed by atoms with E-state index in [1.807, 2.05) is 0 Å². The summed E-state index contributed by atoms with van der Waals surface area (Å²) < 4.78 is 38.6. The van der Waals surface area contributed by atoms with Crippen molar-refractivity contribution in [3.05, 3.63) is 59.2 Å². The zero-order valence-corrected chi connectivity index (χ0v) is 22.7. The van der Waals surface area contributed by atoms with Gasteiger partial charge in [-0.3, -0.25) is 14.5 Å². The molecule has 39 heavy (non-hydrogen) atoms. The van der Waals surface area contributed by atoms with Crippen molar-refractivity contribution in [3.63, 3.8) is 0 Å². The maximum absolute atomic E-state index is 12.9. The number of anilines is 1. The summed E-state index contributed by atoms with van der Waals surface area (Å²) in [6.45, 7) is 2.00. The SMILES string of the molecule is CCCCCCCCCCCCC(=O)Nc1ccc(CN(CC(=O)O)Cc2ccc(C(F)(F)F)cc2O)cc1. The zero-order chi connectivity index (χ0) is 28.7. The number of amides is 1. The Morgan fingerprint density at radius 1 is 0.846 bits per heavy atom. The normalized spacial score (nSPS) is 11.6. The number of carbonyl (C=O) groups excluding carboxylic acids is 1. The third-order valence-corrected chi connectivity index (χ3v) is 6.57. The van der Waals surface area contributed by atoms with E-state index in [4.69, 9.17) is 0 Å². The average molecular weight is 551 g/mol. The van der Waals surface area contributed by atoms with Gasteiger partial charge in [0, 0.05) is 30.8 Å². The largest absolute Gasteiger partial charge is 0.508 e. The molecular weight excluding hydrogens is 509 g/mol. The lowest BCUT2D eigenvalue weighted by Gasteiger charge is -2.21. The highest BCUT2D eigenvalue weighted by Crippen LogP contribution is 2.33. The van der Waals surface area contributed by atoms with E-state index in [0.717, 1.165) is 37.0 Å². The van der Waals surface area contributed by atoms with Crippen LogP contribution in [-0.2, 0) is 28.9 Å². The predicted molar refractivity (Wildman–Crippen MR) is 146 cm³/mol. The lowest BCUT2D eigenvalue weighted by atomic mass is 10.1. The van der Waals surface area contributed by atoms with Crippen LogP contribution in [0.25, 0.3) is 0 Å². The first kappa shape index (κ1) is 32.1. The van der Waals surface area contributed by atoms with Crippen LogP contribution in [0.4, 0.5) is 18.9 Å². The number of hydrogen-bond acceptors (Lipinski definition) is 4. The summed E-state index contributed by atoms with van der Waals surface area (Å²) in [5.41, 5.74) is 0.621. The monoisotopic (exact) mass is 550 g/mol. The number of rotatable bonds is 18. The van der Waals surface area contributed by atoms with Crippen LogP contribution in [0.3, 0.4) is 0 Å². The number of aromatic hydroxyl groups is 1. The van der Waals surface area contributed by atoms with Gasteiger partial charge in [-0.15, -0.1) is 0 Å². The molecule has 3 N–H and O–H groups in total. The number of halogens is 3. The van der Waals surface area contributed by atoms with Crippen LogP contribution < -0.4 is 5.32 Å². The van der Waals surface area contributed by atoms with Crippen molar-refractivity contribution in [2.45, 2.75) is 96.8 Å². The molecule has 0 heterocycles. The number of carboxylic acid groups (broad SMARTS) is 1. The van der Waals surface area contributed by atoms with Gasteiger partial charge in [-0.1, -0.05) is 82.9 Å². The first-order valence-electron chi connectivity index (χ1n) is 13.8. The van der Waals surface area contributed by atoms with Crippen molar-refractivity contribution in [1.82, 2.24) is 4.90 Å². The number of phenols is 1. The highest BCUT2D eigenvalue weighted by atomic mass is 19.4. The predicted octanol–water partition coefficient (Wildman–Crippen LogP) is 7.75. The molecule has 0 unspecified atom stereocenters. The summed E-state index contributed by atoms with van der Waals surface area (Å²) in [6.07, 6.45) is 7.90. The van der Waals surface area contributed by atoms with E-state index in [9.17, 15) is 33.0 Å². The minimum Gasteiger partial charge on any atom is -0.508 e. The fraction of sp³-hybridized carbons (Fsp3) is 0.533. The fourth-order valence-electron chi connectivity index (χ4n) is 4.42. The number of carbonyl (C=O) groups is 2. The maximum Gasteiger partial charge on any atom is 0.416 e. The Balaban J connectivity index is 1.79. The number of unbranched alkanes of at least 4 members (excludes halogenated alkanes) is 9. The molecule has 9 heteroatoms. The molecule has 2 rings (SSSR count). The van der Waals surface area contributed by atoms with Crippen molar-refractivity contribution < 1.29 is 33.0 Å². The Morgan fingerprint density at radius 3 is 1.97 bits per heavy atom. The van der Waals surface area contributed by atoms with Gasteiger partial charge in [0.1, 0.15) is 5.75 Å². The molecule has 2 aromatic rings. The quantitative estimate of drug-likeness (QED) is 0.165. The van der Waals surface area contributed by atoms with E-state index in [0.29, 0.717) is 18.2 Å². The smallest absolute Gasteiger partial charge is 0.416 e. The Morgan fingerprint density at radius 2 is 1.44 bits per heavy atom. The Kier molecular flexibility index (Phi) is 13.8. The molecule has 0 spiro atoms. The molecule has 0 atom stereocenters. The summed E-state index contributed by atoms with van der Waals surface area (Å²) in [6, 6.07) is 9.65. The number of benzene rings is 2. The van der Waals surface area contributed by atoms with Gasteiger partial charge in [0.15, 0.2) is 0 Å². The molecule has 0 aliphatic carbocycles. The van der Waals surface area contributed by atoms with Crippen LogP contribution in [0.5, 0.6) is 5.75 Å².